The Bertz CT molecular complexity index is 222. The monoisotopic (exact) mass is 241 g/mol. The van der Waals surface area contributed by atoms with Crippen molar-refractivity contribution in [3.8, 4) is 0 Å². The molecule has 0 radical (unpaired) electrons. The third-order valence-corrected chi connectivity index (χ3v) is 4.55. The minimum Gasteiger partial charge on any atom is -0.396 e. The minimum absolute atomic E-state index is 0.345. The quantitative estimate of drug-likeness (QED) is 0.792. The molecule has 3 heteroatoms. The molecule has 2 aliphatic carbocycles. The summed E-state index contributed by atoms with van der Waals surface area (Å²) < 4.78 is 5.47. The fraction of sp³-hybridized carbons (Fsp3) is 1.00. The third-order valence-electron chi connectivity index (χ3n) is 4.55. The van der Waals surface area contributed by atoms with Gasteiger partial charge in [-0.25, -0.2) is 0 Å². The van der Waals surface area contributed by atoms with E-state index in [1.54, 1.807) is 0 Å². The largest absolute Gasteiger partial charge is 0.396 e. The highest BCUT2D eigenvalue weighted by molar-refractivity contribution is 4.86. The SMILES string of the molecule is COC1CCCC(NC2CCCCC2CO)C1. The van der Waals surface area contributed by atoms with Crippen molar-refractivity contribution in [2.45, 2.75) is 69.6 Å². The van der Waals surface area contributed by atoms with E-state index in [0.29, 0.717) is 30.7 Å². The second kappa shape index (κ2) is 6.72. The van der Waals surface area contributed by atoms with Crippen LogP contribution in [0, 0.1) is 5.92 Å². The molecule has 2 aliphatic rings. The van der Waals surface area contributed by atoms with Gasteiger partial charge in [0.2, 0.25) is 0 Å². The van der Waals surface area contributed by atoms with Gasteiger partial charge >= 0.3 is 0 Å². The van der Waals surface area contributed by atoms with E-state index in [0.717, 1.165) is 6.42 Å². The van der Waals surface area contributed by atoms with Crippen molar-refractivity contribution in [3.63, 3.8) is 0 Å². The third kappa shape index (κ3) is 3.67. The first-order valence-corrected chi connectivity index (χ1v) is 7.23. The Morgan fingerprint density at radius 1 is 1.12 bits per heavy atom. The zero-order chi connectivity index (χ0) is 12.1. The first-order chi connectivity index (χ1) is 8.33. The Hall–Kier alpha value is -0.120. The van der Waals surface area contributed by atoms with Gasteiger partial charge in [0, 0.05) is 25.8 Å². The molecule has 2 N–H and O–H groups in total. The van der Waals surface area contributed by atoms with Gasteiger partial charge in [-0.3, -0.25) is 0 Å². The zero-order valence-electron chi connectivity index (χ0n) is 11.0. The van der Waals surface area contributed by atoms with Gasteiger partial charge in [0.15, 0.2) is 0 Å². The Morgan fingerprint density at radius 2 is 1.94 bits per heavy atom. The second-order valence-corrected chi connectivity index (χ2v) is 5.72. The van der Waals surface area contributed by atoms with Crippen molar-refractivity contribution in [2.75, 3.05) is 13.7 Å². The number of hydrogen-bond acceptors (Lipinski definition) is 3. The van der Waals surface area contributed by atoms with E-state index in [2.05, 4.69) is 5.32 Å². The van der Waals surface area contributed by atoms with E-state index in [1.165, 1.54) is 44.9 Å². The van der Waals surface area contributed by atoms with Gasteiger partial charge in [-0.15, -0.1) is 0 Å². The molecule has 0 amide bonds. The van der Waals surface area contributed by atoms with Crippen LogP contribution in [0.4, 0.5) is 0 Å². The lowest BCUT2D eigenvalue weighted by Crippen LogP contribution is -2.47. The fourth-order valence-corrected chi connectivity index (χ4v) is 3.46. The lowest BCUT2D eigenvalue weighted by molar-refractivity contribution is 0.0510. The number of aliphatic hydroxyl groups excluding tert-OH is 1. The molecule has 0 bridgehead atoms. The number of hydrogen-bond donors (Lipinski definition) is 2. The Kier molecular flexibility index (Phi) is 5.26. The maximum Gasteiger partial charge on any atom is 0.0586 e. The molecule has 0 spiro atoms. The van der Waals surface area contributed by atoms with Crippen LogP contribution in [-0.4, -0.2) is 37.0 Å². The maximum absolute atomic E-state index is 9.42. The van der Waals surface area contributed by atoms with Gasteiger partial charge in [-0.05, 0) is 44.4 Å². The van der Waals surface area contributed by atoms with E-state index in [-0.39, 0.29) is 0 Å². The van der Waals surface area contributed by atoms with E-state index in [4.69, 9.17) is 4.74 Å². The van der Waals surface area contributed by atoms with Crippen LogP contribution in [-0.2, 0) is 4.74 Å². The van der Waals surface area contributed by atoms with Crippen LogP contribution in [0.5, 0.6) is 0 Å². The van der Waals surface area contributed by atoms with Crippen molar-refractivity contribution in [2.24, 2.45) is 5.92 Å². The lowest BCUT2D eigenvalue weighted by atomic mass is 9.83. The topological polar surface area (TPSA) is 41.5 Å². The van der Waals surface area contributed by atoms with E-state index >= 15 is 0 Å². The number of aliphatic hydroxyl groups is 1. The van der Waals surface area contributed by atoms with Crippen LogP contribution in [0.3, 0.4) is 0 Å². The van der Waals surface area contributed by atoms with Crippen molar-refractivity contribution < 1.29 is 9.84 Å². The molecule has 4 unspecified atom stereocenters. The van der Waals surface area contributed by atoms with Gasteiger partial charge < -0.3 is 15.2 Å². The summed E-state index contributed by atoms with van der Waals surface area (Å²) in [6, 6.07) is 1.14. The van der Waals surface area contributed by atoms with Gasteiger partial charge in [0.1, 0.15) is 0 Å². The van der Waals surface area contributed by atoms with Gasteiger partial charge in [-0.1, -0.05) is 12.8 Å². The average Bonchev–Trinajstić information content (AvgIpc) is 2.39. The van der Waals surface area contributed by atoms with Crippen molar-refractivity contribution in [3.05, 3.63) is 0 Å². The molecule has 0 saturated heterocycles. The lowest BCUT2D eigenvalue weighted by Gasteiger charge is -2.37. The fourth-order valence-electron chi connectivity index (χ4n) is 3.46. The zero-order valence-corrected chi connectivity index (χ0v) is 11.0. The molecule has 0 aromatic heterocycles. The summed E-state index contributed by atoms with van der Waals surface area (Å²) >= 11 is 0. The molecule has 0 aromatic carbocycles. The smallest absolute Gasteiger partial charge is 0.0586 e. The van der Waals surface area contributed by atoms with Crippen molar-refractivity contribution in [1.29, 1.82) is 0 Å². The number of nitrogens with one attached hydrogen (secondary N) is 1. The number of ether oxygens (including phenoxy) is 1. The summed E-state index contributed by atoms with van der Waals surface area (Å²) in [6.07, 6.45) is 10.4. The summed E-state index contributed by atoms with van der Waals surface area (Å²) in [6.45, 7) is 0.345. The summed E-state index contributed by atoms with van der Waals surface area (Å²) in [5.74, 6) is 0.478. The molecule has 0 aliphatic heterocycles. The normalized spacial score (nSPS) is 39.2. The molecule has 100 valence electrons. The molecule has 0 aromatic rings. The summed E-state index contributed by atoms with van der Waals surface area (Å²) in [5.41, 5.74) is 0. The average molecular weight is 241 g/mol. The Morgan fingerprint density at radius 3 is 2.71 bits per heavy atom. The second-order valence-electron chi connectivity index (χ2n) is 5.72. The van der Waals surface area contributed by atoms with Crippen LogP contribution < -0.4 is 5.32 Å². The minimum atomic E-state index is 0.345. The molecular formula is C14H27NO2. The van der Waals surface area contributed by atoms with Crippen LogP contribution in [0.2, 0.25) is 0 Å². The van der Waals surface area contributed by atoms with Crippen molar-refractivity contribution >= 4 is 0 Å². The first kappa shape index (κ1) is 13.3. The van der Waals surface area contributed by atoms with E-state index in [9.17, 15) is 5.11 Å². The van der Waals surface area contributed by atoms with Crippen LogP contribution in [0.15, 0.2) is 0 Å². The van der Waals surface area contributed by atoms with Gasteiger partial charge in [-0.2, -0.15) is 0 Å². The van der Waals surface area contributed by atoms with E-state index in [1.807, 2.05) is 7.11 Å². The van der Waals surface area contributed by atoms with Crippen LogP contribution in [0.1, 0.15) is 51.4 Å². The standard InChI is InChI=1S/C14H27NO2/c1-17-13-7-4-6-12(9-13)15-14-8-3-2-5-11(14)10-16/h11-16H,2-10H2,1H3. The molecule has 0 heterocycles. The van der Waals surface area contributed by atoms with Crippen LogP contribution in [0.25, 0.3) is 0 Å². The van der Waals surface area contributed by atoms with Crippen molar-refractivity contribution in [1.82, 2.24) is 5.32 Å². The molecule has 17 heavy (non-hydrogen) atoms. The maximum atomic E-state index is 9.42. The molecule has 3 nitrogen and oxygen atoms in total. The molecule has 2 rings (SSSR count). The van der Waals surface area contributed by atoms with Crippen LogP contribution >= 0.6 is 0 Å². The summed E-state index contributed by atoms with van der Waals surface area (Å²) in [7, 11) is 1.82. The summed E-state index contributed by atoms with van der Waals surface area (Å²) in [4.78, 5) is 0. The molecular weight excluding hydrogens is 214 g/mol. The first-order valence-electron chi connectivity index (χ1n) is 7.23. The highest BCUT2D eigenvalue weighted by atomic mass is 16.5. The molecule has 4 atom stereocenters. The predicted molar refractivity (Wildman–Crippen MR) is 69.0 cm³/mol. The number of rotatable bonds is 4. The van der Waals surface area contributed by atoms with Gasteiger partial charge in [0.25, 0.3) is 0 Å². The highest BCUT2D eigenvalue weighted by Gasteiger charge is 2.29. The molecule has 2 saturated carbocycles. The van der Waals surface area contributed by atoms with Gasteiger partial charge in [0.05, 0.1) is 6.10 Å². The van der Waals surface area contributed by atoms with E-state index < -0.39 is 0 Å². The summed E-state index contributed by atoms with van der Waals surface area (Å²) in [5, 5.41) is 13.2. The number of methoxy groups -OCH3 is 1. The Balaban J connectivity index is 1.81. The molecule has 2 fully saturated rings. The predicted octanol–water partition coefficient (Wildman–Crippen LogP) is 2.08. The Labute approximate surface area is 105 Å². The highest BCUT2D eigenvalue weighted by Crippen LogP contribution is 2.27.